The van der Waals surface area contributed by atoms with Crippen LogP contribution in [0.25, 0.3) is 16.8 Å². The maximum atomic E-state index is 11.4. The van der Waals surface area contributed by atoms with Gasteiger partial charge in [0.05, 0.1) is 23.1 Å². The standard InChI is InChI=1S/C17H15N3O2/c1-11-3-5-13(6-4-11)14-7-15(17(21)22)9-16(8-14)20-12(2)10-18-19-20/h3-10H,1-2H3,(H,21,22). The van der Waals surface area contributed by atoms with Gasteiger partial charge in [0.1, 0.15) is 0 Å². The van der Waals surface area contributed by atoms with E-state index in [0.29, 0.717) is 5.69 Å². The summed E-state index contributed by atoms with van der Waals surface area (Å²) in [6.07, 6.45) is 1.64. The third-order valence-electron chi connectivity index (χ3n) is 3.51. The normalized spacial score (nSPS) is 10.6. The topological polar surface area (TPSA) is 68.0 Å². The Balaban J connectivity index is 2.18. The molecule has 0 atom stereocenters. The molecule has 0 unspecified atom stereocenters. The van der Waals surface area contributed by atoms with Crippen molar-refractivity contribution in [1.82, 2.24) is 15.0 Å². The first-order valence-electron chi connectivity index (χ1n) is 6.88. The fraction of sp³-hybridized carbons (Fsp3) is 0.118. The van der Waals surface area contributed by atoms with E-state index in [4.69, 9.17) is 0 Å². The van der Waals surface area contributed by atoms with Crippen LogP contribution >= 0.6 is 0 Å². The van der Waals surface area contributed by atoms with E-state index in [0.717, 1.165) is 22.4 Å². The van der Waals surface area contributed by atoms with Gasteiger partial charge in [-0.25, -0.2) is 9.48 Å². The van der Waals surface area contributed by atoms with E-state index in [1.807, 2.05) is 44.2 Å². The molecular formula is C17H15N3O2. The lowest BCUT2D eigenvalue weighted by Crippen LogP contribution is -2.03. The monoisotopic (exact) mass is 293 g/mol. The molecule has 0 radical (unpaired) electrons. The molecule has 0 spiro atoms. The summed E-state index contributed by atoms with van der Waals surface area (Å²) in [5, 5.41) is 17.2. The van der Waals surface area contributed by atoms with Gasteiger partial charge in [0.25, 0.3) is 0 Å². The van der Waals surface area contributed by atoms with Crippen LogP contribution in [-0.4, -0.2) is 26.1 Å². The number of aryl methyl sites for hydroxylation is 2. The number of carboxylic acid groups (broad SMARTS) is 1. The van der Waals surface area contributed by atoms with E-state index in [1.165, 1.54) is 0 Å². The van der Waals surface area contributed by atoms with E-state index >= 15 is 0 Å². The molecule has 0 saturated heterocycles. The summed E-state index contributed by atoms with van der Waals surface area (Å²) in [5.74, 6) is -0.965. The Morgan fingerprint density at radius 2 is 1.77 bits per heavy atom. The minimum atomic E-state index is -0.965. The van der Waals surface area contributed by atoms with Crippen molar-refractivity contribution in [3.05, 3.63) is 65.5 Å². The van der Waals surface area contributed by atoms with Crippen LogP contribution in [0.5, 0.6) is 0 Å². The third kappa shape index (κ3) is 2.61. The molecular weight excluding hydrogens is 278 g/mol. The lowest BCUT2D eigenvalue weighted by atomic mass is 10.0. The number of hydrogen-bond acceptors (Lipinski definition) is 3. The smallest absolute Gasteiger partial charge is 0.335 e. The van der Waals surface area contributed by atoms with Crippen LogP contribution in [0.2, 0.25) is 0 Å². The molecule has 0 saturated carbocycles. The van der Waals surface area contributed by atoms with Gasteiger partial charge in [-0.2, -0.15) is 0 Å². The average molecular weight is 293 g/mol. The zero-order valence-electron chi connectivity index (χ0n) is 12.3. The van der Waals surface area contributed by atoms with Crippen molar-refractivity contribution in [3.8, 4) is 16.8 Å². The number of aromatic carboxylic acids is 1. The molecule has 0 aliphatic rings. The van der Waals surface area contributed by atoms with Gasteiger partial charge < -0.3 is 5.11 Å². The van der Waals surface area contributed by atoms with Crippen molar-refractivity contribution < 1.29 is 9.90 Å². The molecule has 22 heavy (non-hydrogen) atoms. The molecule has 3 rings (SSSR count). The van der Waals surface area contributed by atoms with Crippen LogP contribution in [0, 0.1) is 13.8 Å². The Hall–Kier alpha value is -2.95. The highest BCUT2D eigenvalue weighted by Gasteiger charge is 2.11. The quantitative estimate of drug-likeness (QED) is 0.805. The zero-order valence-corrected chi connectivity index (χ0v) is 12.3. The van der Waals surface area contributed by atoms with Gasteiger partial charge >= 0.3 is 5.97 Å². The fourth-order valence-electron chi connectivity index (χ4n) is 2.31. The molecule has 1 aromatic heterocycles. The average Bonchev–Trinajstić information content (AvgIpc) is 2.93. The Bertz CT molecular complexity index is 835. The summed E-state index contributed by atoms with van der Waals surface area (Å²) in [4.78, 5) is 11.4. The molecule has 0 fully saturated rings. The van der Waals surface area contributed by atoms with E-state index in [2.05, 4.69) is 10.3 Å². The van der Waals surface area contributed by atoms with E-state index in [9.17, 15) is 9.90 Å². The Morgan fingerprint density at radius 3 is 2.36 bits per heavy atom. The Kier molecular flexibility index (Phi) is 3.47. The second kappa shape index (κ2) is 5.44. The Labute approximate surface area is 127 Å². The van der Waals surface area contributed by atoms with Crippen molar-refractivity contribution in [2.24, 2.45) is 0 Å². The van der Waals surface area contributed by atoms with Crippen LogP contribution in [-0.2, 0) is 0 Å². The van der Waals surface area contributed by atoms with Crippen molar-refractivity contribution >= 4 is 5.97 Å². The molecule has 0 bridgehead atoms. The first kappa shape index (κ1) is 14.0. The predicted octanol–water partition coefficient (Wildman–Crippen LogP) is 3.25. The van der Waals surface area contributed by atoms with Crippen LogP contribution < -0.4 is 0 Å². The van der Waals surface area contributed by atoms with Crippen molar-refractivity contribution in [2.75, 3.05) is 0 Å². The highest BCUT2D eigenvalue weighted by molar-refractivity contribution is 5.90. The van der Waals surface area contributed by atoms with Crippen molar-refractivity contribution in [3.63, 3.8) is 0 Å². The van der Waals surface area contributed by atoms with E-state index in [-0.39, 0.29) is 5.56 Å². The zero-order chi connectivity index (χ0) is 15.7. The number of benzene rings is 2. The van der Waals surface area contributed by atoms with Gasteiger partial charge in [-0.15, -0.1) is 5.10 Å². The summed E-state index contributed by atoms with van der Waals surface area (Å²) in [6, 6.07) is 13.2. The highest BCUT2D eigenvalue weighted by atomic mass is 16.4. The van der Waals surface area contributed by atoms with Crippen molar-refractivity contribution in [1.29, 1.82) is 0 Å². The fourth-order valence-corrected chi connectivity index (χ4v) is 2.31. The lowest BCUT2D eigenvalue weighted by Gasteiger charge is -2.09. The predicted molar refractivity (Wildman–Crippen MR) is 83.2 cm³/mol. The lowest BCUT2D eigenvalue weighted by molar-refractivity contribution is 0.0697. The van der Waals surface area contributed by atoms with Crippen molar-refractivity contribution in [2.45, 2.75) is 13.8 Å². The molecule has 3 aromatic rings. The maximum Gasteiger partial charge on any atom is 0.335 e. The number of aromatic nitrogens is 3. The third-order valence-corrected chi connectivity index (χ3v) is 3.51. The highest BCUT2D eigenvalue weighted by Crippen LogP contribution is 2.25. The summed E-state index contributed by atoms with van der Waals surface area (Å²) >= 11 is 0. The SMILES string of the molecule is Cc1ccc(-c2cc(C(=O)O)cc(-n3nncc3C)c2)cc1. The summed E-state index contributed by atoms with van der Waals surface area (Å²) in [6.45, 7) is 3.89. The van der Waals surface area contributed by atoms with Crippen LogP contribution in [0.3, 0.4) is 0 Å². The van der Waals surface area contributed by atoms with Gasteiger partial charge in [-0.05, 0) is 43.2 Å². The van der Waals surface area contributed by atoms with Gasteiger partial charge in [-0.3, -0.25) is 0 Å². The summed E-state index contributed by atoms with van der Waals surface area (Å²) in [5.41, 5.74) is 4.72. The van der Waals surface area contributed by atoms with Crippen LogP contribution in [0.15, 0.2) is 48.7 Å². The number of hydrogen-bond donors (Lipinski definition) is 1. The minimum absolute atomic E-state index is 0.225. The number of nitrogens with zero attached hydrogens (tertiary/aromatic N) is 3. The van der Waals surface area contributed by atoms with Gasteiger partial charge in [0, 0.05) is 0 Å². The molecule has 5 nitrogen and oxygen atoms in total. The van der Waals surface area contributed by atoms with E-state index < -0.39 is 5.97 Å². The second-order valence-corrected chi connectivity index (χ2v) is 5.23. The van der Waals surface area contributed by atoms with Gasteiger partial charge in [0.2, 0.25) is 0 Å². The first-order chi connectivity index (χ1) is 10.5. The summed E-state index contributed by atoms with van der Waals surface area (Å²) < 4.78 is 1.63. The molecule has 0 aliphatic carbocycles. The molecule has 2 aromatic carbocycles. The second-order valence-electron chi connectivity index (χ2n) is 5.23. The molecule has 5 heteroatoms. The largest absolute Gasteiger partial charge is 0.478 e. The molecule has 0 aliphatic heterocycles. The molecule has 110 valence electrons. The van der Waals surface area contributed by atoms with E-state index in [1.54, 1.807) is 23.0 Å². The minimum Gasteiger partial charge on any atom is -0.478 e. The Morgan fingerprint density at radius 1 is 1.05 bits per heavy atom. The van der Waals surface area contributed by atoms with Crippen LogP contribution in [0.4, 0.5) is 0 Å². The van der Waals surface area contributed by atoms with Crippen LogP contribution in [0.1, 0.15) is 21.6 Å². The number of carbonyl (C=O) groups is 1. The molecule has 1 N–H and O–H groups in total. The molecule has 0 amide bonds. The van der Waals surface area contributed by atoms with Gasteiger partial charge in [0.15, 0.2) is 0 Å². The number of carboxylic acids is 1. The first-order valence-corrected chi connectivity index (χ1v) is 6.88. The maximum absolute atomic E-state index is 11.4. The number of rotatable bonds is 3. The molecule has 1 heterocycles. The van der Waals surface area contributed by atoms with Gasteiger partial charge in [-0.1, -0.05) is 35.0 Å². The summed E-state index contributed by atoms with van der Waals surface area (Å²) in [7, 11) is 0.